The molecule has 2 rings (SSSR count). The van der Waals surface area contributed by atoms with Crippen LogP contribution in [0.5, 0.6) is 0 Å². The largest absolute Gasteiger partial charge is 0.337 e. The van der Waals surface area contributed by atoms with Crippen LogP contribution in [-0.4, -0.2) is 32.8 Å². The molecule has 2 unspecified atom stereocenters. The van der Waals surface area contributed by atoms with Crippen LogP contribution in [0, 0.1) is 12.8 Å². The van der Waals surface area contributed by atoms with E-state index in [-0.39, 0.29) is 0 Å². The summed E-state index contributed by atoms with van der Waals surface area (Å²) >= 11 is 0. The summed E-state index contributed by atoms with van der Waals surface area (Å²) in [6.45, 7) is 9.63. The van der Waals surface area contributed by atoms with E-state index in [1.807, 2.05) is 6.92 Å². The molecule has 110 valence electrons. The Kier molecular flexibility index (Phi) is 4.93. The van der Waals surface area contributed by atoms with Gasteiger partial charge in [-0.2, -0.15) is 0 Å². The maximum Gasteiger partial charge on any atom is 0.243 e. The van der Waals surface area contributed by atoms with Crippen LogP contribution in [0.4, 0.5) is 5.95 Å². The molecule has 0 spiro atoms. The van der Waals surface area contributed by atoms with Crippen molar-refractivity contribution in [1.29, 1.82) is 0 Å². The van der Waals surface area contributed by atoms with E-state index in [1.165, 1.54) is 12.8 Å². The van der Waals surface area contributed by atoms with E-state index in [4.69, 9.17) is 0 Å². The number of anilines is 1. The summed E-state index contributed by atoms with van der Waals surface area (Å²) in [5.41, 5.74) is 2.01. The molecule has 1 aromatic heterocycles. The number of hydrogen-bond acceptors (Lipinski definition) is 4. The van der Waals surface area contributed by atoms with Crippen LogP contribution in [0.15, 0.2) is 12.4 Å². The lowest BCUT2D eigenvalue weighted by Gasteiger charge is -2.36. The molecule has 1 N–H and O–H groups in total. The lowest BCUT2D eigenvalue weighted by molar-refractivity contribution is 0.385. The van der Waals surface area contributed by atoms with Gasteiger partial charge in [-0.3, -0.25) is 10.1 Å². The zero-order chi connectivity index (χ0) is 14.5. The van der Waals surface area contributed by atoms with Gasteiger partial charge < -0.3 is 4.90 Å². The molecule has 0 saturated carbocycles. The lowest BCUT2D eigenvalue weighted by atomic mass is 9.95. The topological polar surface area (TPSA) is 57.7 Å². The molecular formula is C15H25N5. The minimum Gasteiger partial charge on any atom is -0.337 e. The number of H-pyrrole nitrogens is 1. The van der Waals surface area contributed by atoms with Crippen molar-refractivity contribution in [3.05, 3.63) is 23.8 Å². The average Bonchev–Trinajstić information content (AvgIpc) is 2.52. The lowest BCUT2D eigenvalue weighted by Crippen LogP contribution is -2.42. The van der Waals surface area contributed by atoms with Crippen molar-refractivity contribution in [3.63, 3.8) is 0 Å². The first-order valence-corrected chi connectivity index (χ1v) is 7.48. The SMILES string of the molecule is CCc1nccnc(N2CC(C)CCC2C)n[nH]c1C. The zero-order valence-corrected chi connectivity index (χ0v) is 12.9. The summed E-state index contributed by atoms with van der Waals surface area (Å²) in [5, 5.41) is 7.59. The van der Waals surface area contributed by atoms with Gasteiger partial charge in [0.2, 0.25) is 5.95 Å². The van der Waals surface area contributed by atoms with Crippen LogP contribution < -0.4 is 4.90 Å². The highest BCUT2D eigenvalue weighted by Gasteiger charge is 2.24. The second-order valence-corrected chi connectivity index (χ2v) is 5.69. The molecule has 1 saturated heterocycles. The van der Waals surface area contributed by atoms with Crippen LogP contribution in [0.1, 0.15) is 45.0 Å². The van der Waals surface area contributed by atoms with E-state index < -0.39 is 0 Å². The summed E-state index contributed by atoms with van der Waals surface area (Å²) in [4.78, 5) is 11.2. The number of hydrogen-bond donors (Lipinski definition) is 1. The third-order valence-corrected chi connectivity index (χ3v) is 3.95. The molecule has 5 nitrogen and oxygen atoms in total. The van der Waals surface area contributed by atoms with E-state index in [9.17, 15) is 0 Å². The molecule has 1 aromatic rings. The van der Waals surface area contributed by atoms with Gasteiger partial charge in [0.15, 0.2) is 0 Å². The first kappa shape index (κ1) is 14.8. The summed E-state index contributed by atoms with van der Waals surface area (Å²) in [7, 11) is 0. The maximum atomic E-state index is 4.49. The number of aromatic amines is 1. The van der Waals surface area contributed by atoms with E-state index in [0.29, 0.717) is 12.0 Å². The van der Waals surface area contributed by atoms with Crippen molar-refractivity contribution in [3.8, 4) is 0 Å². The van der Waals surface area contributed by atoms with Gasteiger partial charge in [0.25, 0.3) is 0 Å². The van der Waals surface area contributed by atoms with Gasteiger partial charge in [-0.25, -0.2) is 4.98 Å². The normalized spacial score (nSPS) is 22.5. The van der Waals surface area contributed by atoms with Gasteiger partial charge in [-0.05, 0) is 39.0 Å². The average molecular weight is 275 g/mol. The van der Waals surface area contributed by atoms with Crippen molar-refractivity contribution in [2.45, 2.75) is 53.0 Å². The number of rotatable bonds is 2. The van der Waals surface area contributed by atoms with Crippen molar-refractivity contribution in [1.82, 2.24) is 20.2 Å². The van der Waals surface area contributed by atoms with Crippen LogP contribution in [0.25, 0.3) is 0 Å². The predicted molar refractivity (Wildman–Crippen MR) is 81.1 cm³/mol. The monoisotopic (exact) mass is 275 g/mol. The second-order valence-electron chi connectivity index (χ2n) is 5.69. The Morgan fingerprint density at radius 3 is 2.75 bits per heavy atom. The zero-order valence-electron chi connectivity index (χ0n) is 12.9. The maximum absolute atomic E-state index is 4.49. The Balaban J connectivity index is 2.39. The standard InChI is InChI=1S/C15H25N5/c1-5-14-13(4)18-19-15(17-9-8-16-14)20-10-11(2)6-7-12(20)3/h8-9,11-12,18H,5-7,10H2,1-4H3. The van der Waals surface area contributed by atoms with E-state index >= 15 is 0 Å². The van der Waals surface area contributed by atoms with Crippen LogP contribution in [-0.2, 0) is 6.42 Å². The summed E-state index contributed by atoms with van der Waals surface area (Å²) < 4.78 is 0. The van der Waals surface area contributed by atoms with Crippen LogP contribution >= 0.6 is 0 Å². The highest BCUT2D eigenvalue weighted by Crippen LogP contribution is 2.23. The fraction of sp³-hybridized carbons (Fsp3) is 0.667. The van der Waals surface area contributed by atoms with Crippen LogP contribution in [0.2, 0.25) is 0 Å². The Bertz CT molecular complexity index is 495. The summed E-state index contributed by atoms with van der Waals surface area (Å²) in [5.74, 6) is 1.44. The van der Waals surface area contributed by atoms with Gasteiger partial charge in [-0.1, -0.05) is 13.8 Å². The van der Waals surface area contributed by atoms with Crippen molar-refractivity contribution >= 4 is 5.95 Å². The third-order valence-electron chi connectivity index (χ3n) is 3.95. The molecule has 0 bridgehead atoms. The minimum absolute atomic E-state index is 0.483. The van der Waals surface area contributed by atoms with E-state index in [2.05, 4.69) is 45.8 Å². The molecule has 0 aliphatic carbocycles. The van der Waals surface area contributed by atoms with Gasteiger partial charge in [0.1, 0.15) is 0 Å². The first-order valence-electron chi connectivity index (χ1n) is 7.48. The second kappa shape index (κ2) is 6.68. The smallest absolute Gasteiger partial charge is 0.243 e. The first-order chi connectivity index (χ1) is 9.61. The minimum atomic E-state index is 0.483. The van der Waals surface area contributed by atoms with Gasteiger partial charge in [0, 0.05) is 25.0 Å². The van der Waals surface area contributed by atoms with Gasteiger partial charge in [-0.15, -0.1) is 5.10 Å². The van der Waals surface area contributed by atoms with Crippen molar-refractivity contribution < 1.29 is 0 Å². The number of nitrogens with one attached hydrogen (secondary N) is 1. The Morgan fingerprint density at radius 2 is 2.00 bits per heavy atom. The van der Waals surface area contributed by atoms with Gasteiger partial charge >= 0.3 is 0 Å². The van der Waals surface area contributed by atoms with Crippen molar-refractivity contribution in [2.24, 2.45) is 5.92 Å². The molecule has 0 radical (unpaired) electrons. The molecule has 2 atom stereocenters. The van der Waals surface area contributed by atoms with E-state index in [0.717, 1.165) is 30.3 Å². The molecule has 5 heteroatoms. The molecule has 20 heavy (non-hydrogen) atoms. The molecule has 0 amide bonds. The highest BCUT2D eigenvalue weighted by molar-refractivity contribution is 5.29. The molecular weight excluding hydrogens is 250 g/mol. The predicted octanol–water partition coefficient (Wildman–Crippen LogP) is 2.82. The number of piperidine rings is 1. The number of aryl methyl sites for hydroxylation is 2. The van der Waals surface area contributed by atoms with Crippen LogP contribution in [0.3, 0.4) is 0 Å². The van der Waals surface area contributed by atoms with E-state index in [1.54, 1.807) is 12.4 Å². The third kappa shape index (κ3) is 3.46. The summed E-state index contributed by atoms with van der Waals surface area (Å²) in [6, 6.07) is 0.483. The molecule has 1 fully saturated rings. The quantitative estimate of drug-likeness (QED) is 0.901. The fourth-order valence-corrected chi connectivity index (χ4v) is 2.61. The number of aromatic nitrogens is 4. The number of nitrogens with zero attached hydrogens (tertiary/aromatic N) is 4. The Labute approximate surface area is 121 Å². The molecule has 0 aromatic carbocycles. The molecule has 2 heterocycles. The van der Waals surface area contributed by atoms with Crippen molar-refractivity contribution in [2.75, 3.05) is 11.4 Å². The Hall–Kier alpha value is -1.65. The van der Waals surface area contributed by atoms with Gasteiger partial charge in [0.05, 0.1) is 11.4 Å². The highest BCUT2D eigenvalue weighted by atomic mass is 15.3. The Morgan fingerprint density at radius 1 is 1.25 bits per heavy atom. The molecule has 1 aliphatic heterocycles. The summed E-state index contributed by atoms with van der Waals surface area (Å²) in [6.07, 6.45) is 6.84. The molecule has 1 aliphatic rings. The fourth-order valence-electron chi connectivity index (χ4n) is 2.61.